The second kappa shape index (κ2) is 7.12. The molecule has 0 bridgehead atoms. The molecule has 1 aliphatic heterocycles. The van der Waals surface area contributed by atoms with Crippen molar-refractivity contribution < 1.29 is 9.59 Å². The minimum Gasteiger partial charge on any atom is -0.348 e. The van der Waals surface area contributed by atoms with Gasteiger partial charge in [0, 0.05) is 32.3 Å². The Morgan fingerprint density at radius 2 is 1.88 bits per heavy atom. The molecule has 2 N–H and O–H groups in total. The number of rotatable bonds is 5. The number of hydrogen-bond donors (Lipinski definition) is 2. The van der Waals surface area contributed by atoms with Crippen LogP contribution < -0.4 is 10.9 Å². The molecule has 6 nitrogen and oxygen atoms in total. The van der Waals surface area contributed by atoms with Crippen LogP contribution in [0.4, 0.5) is 0 Å². The standard InChI is InChI=1S/C18H19N3O3/c22-16-4-2-10-21(16)12-14-7-5-13(6-8-14)11-20-18(24)15-3-1-9-19-17(15)23/h1,3,5-9H,2,4,10-12H2,(H,19,23)(H,20,24). The predicted molar refractivity (Wildman–Crippen MR) is 89.3 cm³/mol. The molecule has 0 spiro atoms. The Morgan fingerprint density at radius 1 is 1.12 bits per heavy atom. The molecular formula is C18H19N3O3. The van der Waals surface area contributed by atoms with Crippen LogP contribution in [-0.2, 0) is 17.9 Å². The quantitative estimate of drug-likeness (QED) is 0.872. The van der Waals surface area contributed by atoms with Crippen LogP contribution in [0, 0.1) is 0 Å². The first-order valence-electron chi connectivity index (χ1n) is 7.95. The van der Waals surface area contributed by atoms with Crippen molar-refractivity contribution in [3.05, 3.63) is 69.6 Å². The highest BCUT2D eigenvalue weighted by atomic mass is 16.2. The summed E-state index contributed by atoms with van der Waals surface area (Å²) in [5, 5.41) is 2.73. The number of carbonyl (C=O) groups excluding carboxylic acids is 2. The lowest BCUT2D eigenvalue weighted by Gasteiger charge is -2.15. The van der Waals surface area contributed by atoms with Crippen LogP contribution in [0.5, 0.6) is 0 Å². The van der Waals surface area contributed by atoms with Gasteiger partial charge in [0.1, 0.15) is 5.56 Å². The van der Waals surface area contributed by atoms with E-state index in [9.17, 15) is 14.4 Å². The minimum absolute atomic E-state index is 0.0988. The van der Waals surface area contributed by atoms with Gasteiger partial charge in [0.25, 0.3) is 11.5 Å². The Morgan fingerprint density at radius 3 is 2.54 bits per heavy atom. The first-order valence-corrected chi connectivity index (χ1v) is 7.95. The number of H-pyrrole nitrogens is 1. The summed E-state index contributed by atoms with van der Waals surface area (Å²) in [4.78, 5) is 39.5. The molecule has 1 aromatic heterocycles. The fourth-order valence-corrected chi connectivity index (χ4v) is 2.73. The first kappa shape index (κ1) is 16.0. The molecule has 0 aliphatic carbocycles. The van der Waals surface area contributed by atoms with Gasteiger partial charge in [-0.3, -0.25) is 14.4 Å². The molecule has 0 radical (unpaired) electrons. The average Bonchev–Trinajstić information content (AvgIpc) is 2.99. The lowest BCUT2D eigenvalue weighted by molar-refractivity contribution is -0.128. The summed E-state index contributed by atoms with van der Waals surface area (Å²) in [6.45, 7) is 1.79. The topological polar surface area (TPSA) is 82.3 Å². The highest BCUT2D eigenvalue weighted by Crippen LogP contribution is 2.14. The molecule has 3 rings (SSSR count). The van der Waals surface area contributed by atoms with Gasteiger partial charge < -0.3 is 15.2 Å². The zero-order valence-electron chi connectivity index (χ0n) is 13.2. The Hall–Kier alpha value is -2.89. The van der Waals surface area contributed by atoms with Crippen molar-refractivity contribution in [2.24, 2.45) is 0 Å². The number of nitrogens with one attached hydrogen (secondary N) is 2. The summed E-state index contributed by atoms with van der Waals surface area (Å²) >= 11 is 0. The zero-order valence-corrected chi connectivity index (χ0v) is 13.2. The third kappa shape index (κ3) is 3.71. The number of likely N-dealkylation sites (tertiary alicyclic amines) is 1. The van der Waals surface area contributed by atoms with E-state index < -0.39 is 11.5 Å². The maximum absolute atomic E-state index is 12.0. The molecule has 2 amide bonds. The Kier molecular flexibility index (Phi) is 4.74. The van der Waals surface area contributed by atoms with E-state index in [1.165, 1.54) is 12.3 Å². The van der Waals surface area contributed by atoms with Gasteiger partial charge in [-0.05, 0) is 29.7 Å². The lowest BCUT2D eigenvalue weighted by Crippen LogP contribution is -2.28. The molecule has 24 heavy (non-hydrogen) atoms. The fourth-order valence-electron chi connectivity index (χ4n) is 2.73. The van der Waals surface area contributed by atoms with E-state index >= 15 is 0 Å². The number of aromatic nitrogens is 1. The van der Waals surface area contributed by atoms with E-state index in [0.717, 1.165) is 24.1 Å². The van der Waals surface area contributed by atoms with Crippen LogP contribution in [0.25, 0.3) is 0 Å². The normalized spacial score (nSPS) is 14.0. The molecule has 2 heterocycles. The summed E-state index contributed by atoms with van der Waals surface area (Å²) in [5.74, 6) is -0.192. The minimum atomic E-state index is -0.402. The molecule has 1 aromatic carbocycles. The van der Waals surface area contributed by atoms with Crippen LogP contribution in [0.3, 0.4) is 0 Å². The molecule has 124 valence electrons. The van der Waals surface area contributed by atoms with Crippen LogP contribution in [0.1, 0.15) is 34.3 Å². The third-order valence-electron chi connectivity index (χ3n) is 4.08. The number of nitrogens with zero attached hydrogens (tertiary/aromatic N) is 1. The van der Waals surface area contributed by atoms with Crippen LogP contribution in [-0.4, -0.2) is 28.2 Å². The Labute approximate surface area is 139 Å². The average molecular weight is 325 g/mol. The SMILES string of the molecule is O=C(NCc1ccc(CN2CCCC2=O)cc1)c1ccc[nH]c1=O. The number of aromatic amines is 1. The van der Waals surface area contributed by atoms with Gasteiger partial charge in [0.15, 0.2) is 0 Å². The largest absolute Gasteiger partial charge is 0.348 e. The molecule has 2 aromatic rings. The number of carbonyl (C=O) groups is 2. The molecule has 6 heteroatoms. The van der Waals surface area contributed by atoms with Crippen molar-refractivity contribution >= 4 is 11.8 Å². The summed E-state index contributed by atoms with van der Waals surface area (Å²) in [6, 6.07) is 10.9. The van der Waals surface area contributed by atoms with E-state index in [4.69, 9.17) is 0 Å². The van der Waals surface area contributed by atoms with Crippen molar-refractivity contribution in [3.8, 4) is 0 Å². The number of hydrogen-bond acceptors (Lipinski definition) is 3. The number of amides is 2. The second-order valence-corrected chi connectivity index (χ2v) is 5.83. The van der Waals surface area contributed by atoms with E-state index in [2.05, 4.69) is 10.3 Å². The van der Waals surface area contributed by atoms with Gasteiger partial charge in [-0.2, -0.15) is 0 Å². The highest BCUT2D eigenvalue weighted by molar-refractivity contribution is 5.93. The van der Waals surface area contributed by atoms with E-state index in [-0.39, 0.29) is 11.5 Å². The Balaban J connectivity index is 1.56. The van der Waals surface area contributed by atoms with Crippen LogP contribution in [0.2, 0.25) is 0 Å². The number of pyridine rings is 1. The van der Waals surface area contributed by atoms with Gasteiger partial charge in [-0.1, -0.05) is 24.3 Å². The maximum Gasteiger partial charge on any atom is 0.260 e. The van der Waals surface area contributed by atoms with Gasteiger partial charge in [-0.25, -0.2) is 0 Å². The van der Waals surface area contributed by atoms with Crippen molar-refractivity contribution in [3.63, 3.8) is 0 Å². The van der Waals surface area contributed by atoms with Gasteiger partial charge in [0.2, 0.25) is 5.91 Å². The zero-order chi connectivity index (χ0) is 16.9. The second-order valence-electron chi connectivity index (χ2n) is 5.83. The smallest absolute Gasteiger partial charge is 0.260 e. The predicted octanol–water partition coefficient (Wildman–Crippen LogP) is 1.43. The van der Waals surface area contributed by atoms with E-state index in [1.54, 1.807) is 6.07 Å². The van der Waals surface area contributed by atoms with E-state index in [1.807, 2.05) is 29.2 Å². The molecule has 1 saturated heterocycles. The molecule has 0 atom stereocenters. The van der Waals surface area contributed by atoms with E-state index in [0.29, 0.717) is 19.5 Å². The molecule has 1 aliphatic rings. The molecular weight excluding hydrogens is 306 g/mol. The number of benzene rings is 1. The van der Waals surface area contributed by atoms with Crippen molar-refractivity contribution in [1.82, 2.24) is 15.2 Å². The lowest BCUT2D eigenvalue weighted by atomic mass is 10.1. The summed E-state index contributed by atoms with van der Waals surface area (Å²) < 4.78 is 0. The highest BCUT2D eigenvalue weighted by Gasteiger charge is 2.19. The molecule has 0 saturated carbocycles. The van der Waals surface area contributed by atoms with Crippen LogP contribution >= 0.6 is 0 Å². The van der Waals surface area contributed by atoms with Crippen molar-refractivity contribution in [2.75, 3.05) is 6.54 Å². The Bertz CT molecular complexity index is 796. The van der Waals surface area contributed by atoms with Gasteiger partial charge >= 0.3 is 0 Å². The fraction of sp³-hybridized carbons (Fsp3) is 0.278. The summed E-state index contributed by atoms with van der Waals surface area (Å²) in [6.07, 6.45) is 3.06. The maximum atomic E-state index is 12.0. The monoisotopic (exact) mass is 325 g/mol. The summed E-state index contributed by atoms with van der Waals surface area (Å²) in [5.41, 5.74) is 1.70. The van der Waals surface area contributed by atoms with Gasteiger partial charge in [0.05, 0.1) is 0 Å². The van der Waals surface area contributed by atoms with Crippen LogP contribution in [0.15, 0.2) is 47.4 Å². The molecule has 0 unspecified atom stereocenters. The first-order chi connectivity index (χ1) is 11.6. The summed E-state index contributed by atoms with van der Waals surface area (Å²) in [7, 11) is 0. The van der Waals surface area contributed by atoms with Crippen molar-refractivity contribution in [2.45, 2.75) is 25.9 Å². The molecule has 1 fully saturated rings. The van der Waals surface area contributed by atoms with Gasteiger partial charge in [-0.15, -0.1) is 0 Å². The third-order valence-corrected chi connectivity index (χ3v) is 4.08. The van der Waals surface area contributed by atoms with Crippen molar-refractivity contribution in [1.29, 1.82) is 0 Å².